The molecule has 1 aromatic heterocycles. The molecule has 2 heteroatoms. The Morgan fingerprint density at radius 1 is 0.431 bits per heavy atom. The zero-order valence-corrected chi connectivity index (χ0v) is 30.8. The fourth-order valence-corrected chi connectivity index (χ4v) is 7.89. The molecule has 0 aliphatic heterocycles. The summed E-state index contributed by atoms with van der Waals surface area (Å²) in [5.74, 6) is 0.835. The summed E-state index contributed by atoms with van der Waals surface area (Å²) in [7, 11) is 0. The molecule has 0 amide bonds. The van der Waals surface area contributed by atoms with E-state index in [9.17, 15) is 0 Å². The second-order valence-electron chi connectivity index (χ2n) is 14.3. The summed E-state index contributed by atoms with van der Waals surface area (Å²) in [6, 6.07) is 53.3. The van der Waals surface area contributed by atoms with Gasteiger partial charge in [-0.05, 0) is 36.1 Å². The van der Waals surface area contributed by atoms with Gasteiger partial charge in [0.15, 0.2) is 0 Å². The van der Waals surface area contributed by atoms with Crippen molar-refractivity contribution < 1.29 is 4.57 Å². The van der Waals surface area contributed by atoms with Gasteiger partial charge < -0.3 is 0 Å². The molecule has 7 rings (SSSR count). The lowest BCUT2D eigenvalue weighted by Gasteiger charge is -2.23. The average molecular weight is 666 g/mol. The molecule has 0 fully saturated rings. The zero-order valence-electron chi connectivity index (χ0n) is 30.8. The zero-order chi connectivity index (χ0) is 35.5. The van der Waals surface area contributed by atoms with E-state index in [1.807, 2.05) is 0 Å². The first-order valence-electron chi connectivity index (χ1n) is 18.4. The summed E-state index contributed by atoms with van der Waals surface area (Å²) in [5, 5.41) is 0. The Balaban J connectivity index is 1.46. The minimum atomic E-state index is 0.209. The summed E-state index contributed by atoms with van der Waals surface area (Å²) in [4.78, 5) is 0. The highest BCUT2D eigenvalue weighted by atomic mass is 15.1. The van der Waals surface area contributed by atoms with E-state index in [2.05, 4.69) is 215 Å². The molecule has 0 aliphatic carbocycles. The molecule has 4 atom stereocenters. The van der Waals surface area contributed by atoms with Crippen LogP contribution in [0.2, 0.25) is 0 Å². The van der Waals surface area contributed by atoms with Gasteiger partial charge >= 0.3 is 0 Å². The van der Waals surface area contributed by atoms with E-state index in [1.165, 1.54) is 67.0 Å². The molecule has 4 unspecified atom stereocenters. The summed E-state index contributed by atoms with van der Waals surface area (Å²) in [6.07, 6.45) is 6.85. The van der Waals surface area contributed by atoms with Crippen LogP contribution in [0.25, 0.3) is 11.4 Å². The standard InChI is InChI=1S/C49H49N2/c1-34-29-44(36(3)40-19-11-7-12-20-40)48(45(30-34)37(4)41-21-13-8-14-22-41)50-27-28-51(33-50)49-46(38(5)42-23-15-9-16-24-42)31-35(2)32-47(49)39(6)43-25-17-10-18-26-43/h7-33,36-39H,1-6H3/q+1. The van der Waals surface area contributed by atoms with Crippen molar-refractivity contribution in [1.82, 2.24) is 4.57 Å². The van der Waals surface area contributed by atoms with Crippen LogP contribution < -0.4 is 4.57 Å². The number of benzene rings is 6. The SMILES string of the molecule is Cc1cc(C(C)c2ccccc2)c(-n2cc[n+](-c3c(C(C)c4ccccc4)cc(C)cc3C(C)c3ccccc3)c2)c(C(C)c2ccccc2)c1. The molecule has 0 saturated carbocycles. The third-order valence-corrected chi connectivity index (χ3v) is 10.8. The molecule has 0 saturated heterocycles. The molecule has 0 bridgehead atoms. The molecular weight excluding hydrogens is 617 g/mol. The fourth-order valence-electron chi connectivity index (χ4n) is 7.89. The molecule has 1 heterocycles. The Bertz CT molecular complexity index is 1920. The lowest BCUT2D eigenvalue weighted by Crippen LogP contribution is -2.32. The number of imidazole rings is 1. The lowest BCUT2D eigenvalue weighted by molar-refractivity contribution is -0.596. The second kappa shape index (κ2) is 14.8. The third-order valence-electron chi connectivity index (χ3n) is 10.8. The van der Waals surface area contributed by atoms with Crippen molar-refractivity contribution in [3.63, 3.8) is 0 Å². The van der Waals surface area contributed by atoms with E-state index in [-0.39, 0.29) is 23.7 Å². The summed E-state index contributed by atoms with van der Waals surface area (Å²) in [6.45, 7) is 13.9. The van der Waals surface area contributed by atoms with Crippen LogP contribution in [0.3, 0.4) is 0 Å². The van der Waals surface area contributed by atoms with Crippen molar-refractivity contribution in [3.8, 4) is 11.4 Å². The number of aryl methyl sites for hydroxylation is 2. The molecule has 0 spiro atoms. The largest absolute Gasteiger partial charge is 0.254 e. The van der Waals surface area contributed by atoms with Gasteiger partial charge in [-0.3, -0.25) is 0 Å². The van der Waals surface area contributed by atoms with Crippen LogP contribution in [0, 0.1) is 13.8 Å². The van der Waals surface area contributed by atoms with Gasteiger partial charge in [-0.15, -0.1) is 0 Å². The van der Waals surface area contributed by atoms with E-state index >= 15 is 0 Å². The van der Waals surface area contributed by atoms with E-state index in [4.69, 9.17) is 0 Å². The molecule has 0 aliphatic rings. The molecule has 6 aromatic carbocycles. The smallest absolute Gasteiger partial charge is 0.201 e. The summed E-state index contributed by atoms with van der Waals surface area (Å²) >= 11 is 0. The Kier molecular flexibility index (Phi) is 9.86. The van der Waals surface area contributed by atoms with Crippen LogP contribution in [0.5, 0.6) is 0 Å². The monoisotopic (exact) mass is 665 g/mol. The third kappa shape index (κ3) is 6.97. The molecule has 2 nitrogen and oxygen atoms in total. The first kappa shape index (κ1) is 34.0. The topological polar surface area (TPSA) is 8.81 Å². The van der Waals surface area contributed by atoms with E-state index in [1.54, 1.807) is 0 Å². The van der Waals surface area contributed by atoms with E-state index in [0.717, 1.165) is 0 Å². The van der Waals surface area contributed by atoms with E-state index in [0.29, 0.717) is 0 Å². The fraction of sp³-hybridized carbons (Fsp3) is 0.204. The molecule has 51 heavy (non-hydrogen) atoms. The number of rotatable bonds is 10. The Morgan fingerprint density at radius 2 is 0.745 bits per heavy atom. The molecule has 7 aromatic rings. The lowest BCUT2D eigenvalue weighted by atomic mass is 9.84. The van der Waals surface area contributed by atoms with Crippen molar-refractivity contribution in [2.45, 2.75) is 65.2 Å². The van der Waals surface area contributed by atoms with Crippen molar-refractivity contribution in [3.05, 3.63) is 220 Å². The normalized spacial score (nSPS) is 13.8. The van der Waals surface area contributed by atoms with E-state index < -0.39 is 0 Å². The maximum absolute atomic E-state index is 2.40. The van der Waals surface area contributed by atoms with Crippen LogP contribution in [-0.4, -0.2) is 4.57 Å². The van der Waals surface area contributed by atoms with Crippen LogP contribution >= 0.6 is 0 Å². The number of hydrogen-bond acceptors (Lipinski definition) is 0. The Labute approximate surface area is 304 Å². The van der Waals surface area contributed by atoms with Gasteiger partial charge in [-0.1, -0.05) is 184 Å². The maximum atomic E-state index is 2.40. The highest BCUT2D eigenvalue weighted by Gasteiger charge is 2.29. The van der Waals surface area contributed by atoms with Crippen LogP contribution in [0.4, 0.5) is 0 Å². The number of hydrogen-bond donors (Lipinski definition) is 0. The minimum absolute atomic E-state index is 0.209. The highest BCUT2D eigenvalue weighted by molar-refractivity contribution is 5.58. The van der Waals surface area contributed by atoms with Crippen molar-refractivity contribution in [2.24, 2.45) is 0 Å². The first-order chi connectivity index (χ1) is 24.8. The van der Waals surface area contributed by atoms with Gasteiger partial charge in [-0.2, -0.15) is 0 Å². The summed E-state index contributed by atoms with van der Waals surface area (Å²) < 4.78 is 4.77. The van der Waals surface area contributed by atoms with Gasteiger partial charge in [0, 0.05) is 45.9 Å². The molecular formula is C49H49N2+. The summed E-state index contributed by atoms with van der Waals surface area (Å²) in [5.41, 5.74) is 15.7. The van der Waals surface area contributed by atoms with Crippen LogP contribution in [0.1, 0.15) is 107 Å². The van der Waals surface area contributed by atoms with Crippen molar-refractivity contribution in [2.75, 3.05) is 0 Å². The van der Waals surface area contributed by atoms with Crippen LogP contribution in [-0.2, 0) is 0 Å². The quantitative estimate of drug-likeness (QED) is 0.129. The molecule has 254 valence electrons. The molecule has 0 radical (unpaired) electrons. The van der Waals surface area contributed by atoms with Gasteiger partial charge in [0.05, 0.1) is 0 Å². The first-order valence-corrected chi connectivity index (χ1v) is 18.4. The Morgan fingerprint density at radius 3 is 1.10 bits per heavy atom. The highest BCUT2D eigenvalue weighted by Crippen LogP contribution is 2.39. The minimum Gasteiger partial charge on any atom is -0.201 e. The second-order valence-corrected chi connectivity index (χ2v) is 14.3. The maximum Gasteiger partial charge on any atom is 0.254 e. The van der Waals surface area contributed by atoms with Gasteiger partial charge in [0.1, 0.15) is 23.8 Å². The number of aromatic nitrogens is 2. The predicted octanol–water partition coefficient (Wildman–Crippen LogP) is 12.0. The number of nitrogens with zero attached hydrogens (tertiary/aromatic N) is 2. The van der Waals surface area contributed by atoms with Crippen molar-refractivity contribution >= 4 is 0 Å². The van der Waals surface area contributed by atoms with Gasteiger partial charge in [0.25, 0.3) is 6.33 Å². The molecule has 0 N–H and O–H groups in total. The predicted molar refractivity (Wildman–Crippen MR) is 213 cm³/mol. The van der Waals surface area contributed by atoms with Gasteiger partial charge in [-0.25, -0.2) is 9.13 Å². The van der Waals surface area contributed by atoms with Crippen LogP contribution in [0.15, 0.2) is 164 Å². The Hall–Kier alpha value is -5.47. The van der Waals surface area contributed by atoms with Crippen molar-refractivity contribution in [1.29, 1.82) is 0 Å². The van der Waals surface area contributed by atoms with Gasteiger partial charge in [0.2, 0.25) is 0 Å². The average Bonchev–Trinajstić information content (AvgIpc) is 3.66.